The fourth-order valence-corrected chi connectivity index (χ4v) is 2.43. The molecule has 4 nitrogen and oxygen atoms in total. The summed E-state index contributed by atoms with van der Waals surface area (Å²) in [5.74, 6) is 0.582. The number of hydrogen-bond donors (Lipinski definition) is 1. The second kappa shape index (κ2) is 3.87. The van der Waals surface area contributed by atoms with E-state index in [1.807, 2.05) is 13.1 Å². The molecule has 1 aliphatic rings. The van der Waals surface area contributed by atoms with Gasteiger partial charge in [-0.25, -0.2) is 0 Å². The van der Waals surface area contributed by atoms with E-state index in [9.17, 15) is 0 Å². The van der Waals surface area contributed by atoms with Gasteiger partial charge in [0.05, 0.1) is 0 Å². The number of rotatable bonds is 1. The number of fused-ring (bicyclic) bond motifs is 1. The van der Waals surface area contributed by atoms with E-state index >= 15 is 0 Å². The van der Waals surface area contributed by atoms with Crippen LogP contribution in [0, 0.1) is 6.92 Å². The molecule has 1 N–H and O–H groups in total. The smallest absolute Gasteiger partial charge is 0.189 e. The molecule has 0 saturated carbocycles. The second-order valence-corrected chi connectivity index (χ2v) is 4.37. The highest BCUT2D eigenvalue weighted by molar-refractivity contribution is 5.78. The highest BCUT2D eigenvalue weighted by atomic mass is 16.5. The van der Waals surface area contributed by atoms with Crippen molar-refractivity contribution in [2.45, 2.75) is 25.7 Å². The Kier molecular flexibility index (Phi) is 2.36. The third kappa shape index (κ3) is 1.50. The van der Waals surface area contributed by atoms with Crippen LogP contribution in [0.1, 0.15) is 30.0 Å². The summed E-state index contributed by atoms with van der Waals surface area (Å²) >= 11 is 0. The first kappa shape index (κ1) is 9.78. The second-order valence-electron chi connectivity index (χ2n) is 4.37. The molecule has 0 radical (unpaired) electrons. The standard InChI is InChI=1S/C12H15N3O/c1-8-11-12(16-15-8)10(4-7-14-11)9-2-5-13-6-3-9/h4,7,9,13H,2-3,5-6H2,1H3. The predicted octanol–water partition coefficient (Wildman–Crippen LogP) is 2.00. The lowest BCUT2D eigenvalue weighted by molar-refractivity contribution is 0.429. The maximum atomic E-state index is 5.40. The third-order valence-corrected chi connectivity index (χ3v) is 3.33. The number of nitrogens with one attached hydrogen (secondary N) is 1. The molecule has 1 fully saturated rings. The van der Waals surface area contributed by atoms with Gasteiger partial charge in [0.25, 0.3) is 0 Å². The fraction of sp³-hybridized carbons (Fsp3) is 0.500. The van der Waals surface area contributed by atoms with Crippen LogP contribution >= 0.6 is 0 Å². The van der Waals surface area contributed by atoms with Gasteiger partial charge in [-0.05, 0) is 44.8 Å². The van der Waals surface area contributed by atoms with Crippen molar-refractivity contribution in [3.8, 4) is 0 Å². The normalized spacial score (nSPS) is 18.1. The lowest BCUT2D eigenvalue weighted by Crippen LogP contribution is -2.26. The van der Waals surface area contributed by atoms with E-state index in [1.54, 1.807) is 0 Å². The minimum Gasteiger partial charge on any atom is -0.354 e. The van der Waals surface area contributed by atoms with Gasteiger partial charge in [-0.3, -0.25) is 4.98 Å². The number of hydrogen-bond acceptors (Lipinski definition) is 4. The first-order valence-electron chi connectivity index (χ1n) is 5.78. The van der Waals surface area contributed by atoms with Crippen molar-refractivity contribution < 1.29 is 4.52 Å². The zero-order chi connectivity index (χ0) is 11.0. The fourth-order valence-electron chi connectivity index (χ4n) is 2.43. The Morgan fingerprint density at radius 1 is 1.38 bits per heavy atom. The Labute approximate surface area is 94.0 Å². The van der Waals surface area contributed by atoms with E-state index in [0.717, 1.165) is 29.9 Å². The van der Waals surface area contributed by atoms with Crippen LogP contribution in [0.2, 0.25) is 0 Å². The topological polar surface area (TPSA) is 51.0 Å². The molecule has 0 amide bonds. The van der Waals surface area contributed by atoms with Gasteiger partial charge in [0.15, 0.2) is 5.58 Å². The molecular weight excluding hydrogens is 202 g/mol. The number of pyridine rings is 1. The highest BCUT2D eigenvalue weighted by Crippen LogP contribution is 2.31. The van der Waals surface area contributed by atoms with Gasteiger partial charge in [0.1, 0.15) is 11.2 Å². The lowest BCUT2D eigenvalue weighted by atomic mass is 9.90. The molecule has 0 atom stereocenters. The molecule has 0 spiro atoms. The number of aryl methyl sites for hydroxylation is 1. The van der Waals surface area contributed by atoms with Crippen molar-refractivity contribution in [1.82, 2.24) is 15.5 Å². The quantitative estimate of drug-likeness (QED) is 0.793. The van der Waals surface area contributed by atoms with Gasteiger partial charge in [0.2, 0.25) is 0 Å². The molecule has 2 aromatic rings. The van der Waals surface area contributed by atoms with Gasteiger partial charge in [-0.1, -0.05) is 5.16 Å². The van der Waals surface area contributed by atoms with Gasteiger partial charge in [-0.15, -0.1) is 0 Å². The monoisotopic (exact) mass is 217 g/mol. The van der Waals surface area contributed by atoms with Crippen LogP contribution in [-0.4, -0.2) is 23.2 Å². The van der Waals surface area contributed by atoms with E-state index in [4.69, 9.17) is 4.52 Å². The molecule has 0 aromatic carbocycles. The van der Waals surface area contributed by atoms with Gasteiger partial charge < -0.3 is 9.84 Å². The average Bonchev–Trinajstić information content (AvgIpc) is 2.73. The molecule has 0 aliphatic carbocycles. The first-order valence-corrected chi connectivity index (χ1v) is 5.78. The van der Waals surface area contributed by atoms with Crippen LogP contribution in [0.3, 0.4) is 0 Å². The maximum Gasteiger partial charge on any atom is 0.189 e. The molecule has 4 heteroatoms. The highest BCUT2D eigenvalue weighted by Gasteiger charge is 2.20. The van der Waals surface area contributed by atoms with Crippen molar-refractivity contribution in [1.29, 1.82) is 0 Å². The van der Waals surface area contributed by atoms with Crippen LogP contribution in [-0.2, 0) is 0 Å². The summed E-state index contributed by atoms with van der Waals surface area (Å²) in [4.78, 5) is 4.32. The van der Waals surface area contributed by atoms with E-state index in [0.29, 0.717) is 5.92 Å². The Hall–Kier alpha value is -1.42. The van der Waals surface area contributed by atoms with Crippen molar-refractivity contribution in [3.05, 3.63) is 23.5 Å². The van der Waals surface area contributed by atoms with Crippen LogP contribution < -0.4 is 5.32 Å². The Bertz CT molecular complexity index is 500. The van der Waals surface area contributed by atoms with Crippen molar-refractivity contribution in [3.63, 3.8) is 0 Å². The van der Waals surface area contributed by atoms with Gasteiger partial charge in [0, 0.05) is 11.8 Å². The molecule has 0 unspecified atom stereocenters. The van der Waals surface area contributed by atoms with Crippen molar-refractivity contribution in [2.24, 2.45) is 0 Å². The molecule has 3 rings (SSSR count). The Balaban J connectivity index is 2.08. The lowest BCUT2D eigenvalue weighted by Gasteiger charge is -2.22. The number of piperidine rings is 1. The Morgan fingerprint density at radius 3 is 3.00 bits per heavy atom. The van der Waals surface area contributed by atoms with Crippen molar-refractivity contribution in [2.75, 3.05) is 13.1 Å². The third-order valence-electron chi connectivity index (χ3n) is 3.33. The van der Waals surface area contributed by atoms with Crippen LogP contribution in [0.4, 0.5) is 0 Å². The van der Waals surface area contributed by atoms with E-state index in [1.165, 1.54) is 18.4 Å². The first-order chi connectivity index (χ1) is 7.86. The van der Waals surface area contributed by atoms with Crippen LogP contribution in [0.25, 0.3) is 11.1 Å². The minimum absolute atomic E-state index is 0.582. The van der Waals surface area contributed by atoms with Gasteiger partial charge >= 0.3 is 0 Å². The van der Waals surface area contributed by atoms with Crippen molar-refractivity contribution >= 4 is 11.1 Å². The molecule has 84 valence electrons. The minimum atomic E-state index is 0.582. The van der Waals surface area contributed by atoms with E-state index < -0.39 is 0 Å². The average molecular weight is 217 g/mol. The molecule has 2 aromatic heterocycles. The zero-order valence-corrected chi connectivity index (χ0v) is 9.36. The molecule has 0 bridgehead atoms. The van der Waals surface area contributed by atoms with Crippen LogP contribution in [0.15, 0.2) is 16.8 Å². The zero-order valence-electron chi connectivity index (χ0n) is 9.36. The number of aromatic nitrogens is 2. The predicted molar refractivity (Wildman–Crippen MR) is 61.4 cm³/mol. The van der Waals surface area contributed by atoms with E-state index in [-0.39, 0.29) is 0 Å². The summed E-state index contributed by atoms with van der Waals surface area (Å²) in [6.45, 7) is 4.11. The largest absolute Gasteiger partial charge is 0.354 e. The summed E-state index contributed by atoms with van der Waals surface area (Å²) < 4.78 is 5.40. The van der Waals surface area contributed by atoms with Gasteiger partial charge in [-0.2, -0.15) is 0 Å². The summed E-state index contributed by atoms with van der Waals surface area (Å²) in [7, 11) is 0. The molecule has 3 heterocycles. The summed E-state index contributed by atoms with van der Waals surface area (Å²) in [5, 5.41) is 7.37. The summed E-state index contributed by atoms with van der Waals surface area (Å²) in [6, 6.07) is 2.07. The SMILES string of the molecule is Cc1noc2c(C3CCNCC3)ccnc12. The van der Waals surface area contributed by atoms with Crippen LogP contribution in [0.5, 0.6) is 0 Å². The molecule has 1 aliphatic heterocycles. The molecule has 16 heavy (non-hydrogen) atoms. The maximum absolute atomic E-state index is 5.40. The number of nitrogens with zero attached hydrogens (tertiary/aromatic N) is 2. The summed E-state index contributed by atoms with van der Waals surface area (Å²) in [6.07, 6.45) is 4.20. The molecule has 1 saturated heterocycles. The summed E-state index contributed by atoms with van der Waals surface area (Å²) in [5.41, 5.74) is 3.95. The van der Waals surface area contributed by atoms with E-state index in [2.05, 4.69) is 21.5 Å². The molecular formula is C12H15N3O. The Morgan fingerprint density at radius 2 is 2.19 bits per heavy atom.